The van der Waals surface area contributed by atoms with E-state index in [-0.39, 0.29) is 5.91 Å². The van der Waals surface area contributed by atoms with Gasteiger partial charge in [-0.05, 0) is 43.2 Å². The van der Waals surface area contributed by atoms with Crippen LogP contribution in [0.25, 0.3) is 16.6 Å². The molecule has 1 aliphatic heterocycles. The molecule has 1 aliphatic rings. The first kappa shape index (κ1) is 14.6. The lowest BCUT2D eigenvalue weighted by atomic mass is 9.99. The molecule has 5 heteroatoms. The Hall–Kier alpha value is -2.95. The summed E-state index contributed by atoms with van der Waals surface area (Å²) in [6.45, 7) is 3.21. The summed E-state index contributed by atoms with van der Waals surface area (Å²) in [4.78, 5) is 26.3. The molecule has 0 bridgehead atoms. The molecule has 24 heavy (non-hydrogen) atoms. The fraction of sp³-hybridized carbons (Fsp3) is 0.211. The van der Waals surface area contributed by atoms with Gasteiger partial charge in [-0.1, -0.05) is 12.1 Å². The lowest BCUT2D eigenvalue weighted by Crippen LogP contribution is -2.35. The van der Waals surface area contributed by atoms with Crippen LogP contribution in [0.1, 0.15) is 28.2 Å². The van der Waals surface area contributed by atoms with E-state index in [1.807, 2.05) is 36.2 Å². The van der Waals surface area contributed by atoms with Crippen molar-refractivity contribution < 1.29 is 4.79 Å². The maximum Gasteiger partial charge on any atom is 0.272 e. The highest BCUT2D eigenvalue weighted by atomic mass is 16.2. The van der Waals surface area contributed by atoms with Gasteiger partial charge in [0, 0.05) is 42.1 Å². The molecule has 120 valence electrons. The van der Waals surface area contributed by atoms with Crippen LogP contribution in [-0.2, 0) is 0 Å². The van der Waals surface area contributed by atoms with E-state index in [9.17, 15) is 4.79 Å². The summed E-state index contributed by atoms with van der Waals surface area (Å²) in [5, 5.41) is 1.13. The molecule has 4 rings (SSSR count). The van der Waals surface area contributed by atoms with Crippen LogP contribution in [0.2, 0.25) is 0 Å². The number of hydrogen-bond donors (Lipinski definition) is 1. The highest BCUT2D eigenvalue weighted by Crippen LogP contribution is 2.28. The van der Waals surface area contributed by atoms with Gasteiger partial charge in [-0.3, -0.25) is 4.79 Å². The molecule has 0 aromatic carbocycles. The van der Waals surface area contributed by atoms with Crippen molar-refractivity contribution in [3.05, 3.63) is 65.8 Å². The molecule has 0 saturated heterocycles. The van der Waals surface area contributed by atoms with Gasteiger partial charge in [0.05, 0.1) is 0 Å². The van der Waals surface area contributed by atoms with Gasteiger partial charge in [-0.15, -0.1) is 0 Å². The summed E-state index contributed by atoms with van der Waals surface area (Å²) in [7, 11) is 0. The Morgan fingerprint density at radius 3 is 2.96 bits per heavy atom. The van der Waals surface area contributed by atoms with Crippen molar-refractivity contribution in [2.45, 2.75) is 13.3 Å². The maximum absolute atomic E-state index is 12.6. The van der Waals surface area contributed by atoms with Gasteiger partial charge in [0.15, 0.2) is 0 Å². The summed E-state index contributed by atoms with van der Waals surface area (Å²) in [5.41, 5.74) is 4.72. The predicted molar refractivity (Wildman–Crippen MR) is 93.6 cm³/mol. The minimum atomic E-state index is -0.00501. The number of hydrogen-bond acceptors (Lipinski definition) is 3. The summed E-state index contributed by atoms with van der Waals surface area (Å²) in [6.07, 6.45) is 6.75. The number of aryl methyl sites for hydroxylation is 1. The zero-order chi connectivity index (χ0) is 16.5. The minimum Gasteiger partial charge on any atom is -0.346 e. The van der Waals surface area contributed by atoms with Crippen LogP contribution >= 0.6 is 0 Å². The average molecular weight is 318 g/mol. The Balaban J connectivity index is 1.56. The summed E-state index contributed by atoms with van der Waals surface area (Å²) in [6, 6.07) is 9.57. The van der Waals surface area contributed by atoms with Gasteiger partial charge in [0.2, 0.25) is 0 Å². The lowest BCUT2D eigenvalue weighted by Gasteiger charge is -2.26. The minimum absolute atomic E-state index is 0.00501. The molecule has 0 unspecified atom stereocenters. The number of carbonyl (C=O) groups excluding carboxylic acids is 1. The Morgan fingerprint density at radius 2 is 2.17 bits per heavy atom. The third-order valence-corrected chi connectivity index (χ3v) is 4.40. The number of nitrogens with one attached hydrogen (secondary N) is 1. The van der Waals surface area contributed by atoms with Crippen molar-refractivity contribution in [2.24, 2.45) is 0 Å². The number of nitrogens with zero attached hydrogens (tertiary/aromatic N) is 3. The monoisotopic (exact) mass is 318 g/mol. The summed E-state index contributed by atoms with van der Waals surface area (Å²) >= 11 is 0. The molecule has 0 fully saturated rings. The molecule has 1 amide bonds. The van der Waals surface area contributed by atoms with Gasteiger partial charge >= 0.3 is 0 Å². The fourth-order valence-electron chi connectivity index (χ4n) is 3.14. The first-order valence-electron chi connectivity index (χ1n) is 8.07. The number of H-pyrrole nitrogens is 1. The van der Waals surface area contributed by atoms with Gasteiger partial charge in [-0.25, -0.2) is 9.97 Å². The van der Waals surface area contributed by atoms with Gasteiger partial charge in [0.1, 0.15) is 11.3 Å². The number of aromatic nitrogens is 3. The topological polar surface area (TPSA) is 61.9 Å². The maximum atomic E-state index is 12.6. The van der Waals surface area contributed by atoms with E-state index in [2.05, 4.69) is 27.1 Å². The van der Waals surface area contributed by atoms with Gasteiger partial charge in [-0.2, -0.15) is 0 Å². The lowest BCUT2D eigenvalue weighted by molar-refractivity contribution is 0.0767. The third-order valence-electron chi connectivity index (χ3n) is 4.40. The summed E-state index contributed by atoms with van der Waals surface area (Å²) < 4.78 is 0. The van der Waals surface area contributed by atoms with E-state index in [4.69, 9.17) is 0 Å². The SMILES string of the molecule is Cc1cccc(C(=O)N2CC=C(c3c[nH]c4ncccc34)CC2)n1. The van der Waals surface area contributed by atoms with Crippen molar-refractivity contribution in [3.8, 4) is 0 Å². The van der Waals surface area contributed by atoms with Crippen LogP contribution in [0, 0.1) is 6.92 Å². The smallest absolute Gasteiger partial charge is 0.272 e. The molecule has 4 heterocycles. The van der Waals surface area contributed by atoms with E-state index in [1.54, 1.807) is 12.3 Å². The van der Waals surface area contributed by atoms with Crippen molar-refractivity contribution >= 4 is 22.5 Å². The third kappa shape index (κ3) is 2.58. The first-order chi connectivity index (χ1) is 11.7. The van der Waals surface area contributed by atoms with E-state index in [1.165, 1.54) is 11.1 Å². The Bertz CT molecular complexity index is 941. The number of fused-ring (bicyclic) bond motifs is 1. The van der Waals surface area contributed by atoms with Crippen LogP contribution in [-0.4, -0.2) is 38.8 Å². The predicted octanol–water partition coefficient (Wildman–Crippen LogP) is 3.20. The average Bonchev–Trinajstić information content (AvgIpc) is 3.05. The van der Waals surface area contributed by atoms with Crippen molar-refractivity contribution in [3.63, 3.8) is 0 Å². The van der Waals surface area contributed by atoms with E-state index < -0.39 is 0 Å². The second-order valence-corrected chi connectivity index (χ2v) is 6.00. The van der Waals surface area contributed by atoms with Crippen molar-refractivity contribution in [1.82, 2.24) is 19.9 Å². The zero-order valence-corrected chi connectivity index (χ0v) is 13.5. The van der Waals surface area contributed by atoms with Crippen LogP contribution < -0.4 is 0 Å². The second-order valence-electron chi connectivity index (χ2n) is 6.00. The molecular weight excluding hydrogens is 300 g/mol. The largest absolute Gasteiger partial charge is 0.346 e. The number of amides is 1. The molecule has 0 radical (unpaired) electrons. The van der Waals surface area contributed by atoms with Gasteiger partial charge in [0.25, 0.3) is 5.91 Å². The number of aromatic amines is 1. The molecule has 0 atom stereocenters. The summed E-state index contributed by atoms with van der Waals surface area (Å²) in [5.74, 6) is -0.00501. The van der Waals surface area contributed by atoms with Crippen LogP contribution in [0.4, 0.5) is 0 Å². The fourth-order valence-corrected chi connectivity index (χ4v) is 3.14. The molecule has 0 spiro atoms. The highest BCUT2D eigenvalue weighted by Gasteiger charge is 2.21. The number of rotatable bonds is 2. The molecule has 0 saturated carbocycles. The van der Waals surface area contributed by atoms with E-state index >= 15 is 0 Å². The Labute approximate surface area is 140 Å². The quantitative estimate of drug-likeness (QED) is 0.789. The molecule has 1 N–H and O–H groups in total. The number of carbonyl (C=O) groups is 1. The molecule has 3 aromatic rings. The van der Waals surface area contributed by atoms with E-state index in [0.717, 1.165) is 23.1 Å². The van der Waals surface area contributed by atoms with E-state index in [0.29, 0.717) is 18.8 Å². The van der Waals surface area contributed by atoms with Crippen LogP contribution in [0.5, 0.6) is 0 Å². The molecular formula is C19H18N4O. The Morgan fingerprint density at radius 1 is 1.25 bits per heavy atom. The van der Waals surface area contributed by atoms with Crippen molar-refractivity contribution in [2.75, 3.05) is 13.1 Å². The Kier molecular flexibility index (Phi) is 3.61. The standard InChI is InChI=1S/C19H18N4O/c1-13-4-2-6-17(22-13)19(24)23-10-7-14(8-11-23)16-12-21-18-15(16)5-3-9-20-18/h2-7,9,12H,8,10-11H2,1H3,(H,20,21). The second kappa shape index (κ2) is 5.92. The van der Waals surface area contributed by atoms with Gasteiger partial charge < -0.3 is 9.88 Å². The first-order valence-corrected chi connectivity index (χ1v) is 8.07. The normalized spacial score (nSPS) is 14.7. The number of pyridine rings is 2. The zero-order valence-electron chi connectivity index (χ0n) is 13.5. The van der Waals surface area contributed by atoms with Crippen LogP contribution in [0.3, 0.4) is 0 Å². The van der Waals surface area contributed by atoms with Crippen LogP contribution in [0.15, 0.2) is 48.8 Å². The molecule has 0 aliphatic carbocycles. The molecule has 5 nitrogen and oxygen atoms in total. The highest BCUT2D eigenvalue weighted by molar-refractivity contribution is 5.94. The van der Waals surface area contributed by atoms with Crippen molar-refractivity contribution in [1.29, 1.82) is 0 Å². The molecule has 3 aromatic heterocycles.